The lowest BCUT2D eigenvalue weighted by atomic mass is 9.78. The molecule has 1 aliphatic rings. The van der Waals surface area contributed by atoms with Crippen LogP contribution in [0.4, 0.5) is 0 Å². The molecule has 0 radical (unpaired) electrons. The Labute approximate surface area is 110 Å². The molecule has 6 heteroatoms. The summed E-state index contributed by atoms with van der Waals surface area (Å²) in [7, 11) is -2.50. The maximum absolute atomic E-state index is 9.16. The summed E-state index contributed by atoms with van der Waals surface area (Å²) in [6, 6.07) is 0. The standard InChI is InChI=1S/C11H21BO3SSi/c1-11(2,3)10(15-17(4)5)9-6-8(7-16-9)12(13)14/h7,13-14,17H,6H2,1-5H3. The van der Waals surface area contributed by atoms with Gasteiger partial charge in [0.05, 0.1) is 5.76 Å². The third-order valence-electron chi connectivity index (χ3n) is 2.34. The topological polar surface area (TPSA) is 49.7 Å². The normalized spacial score (nSPS) is 19.4. The van der Waals surface area contributed by atoms with Crippen molar-refractivity contribution in [1.82, 2.24) is 0 Å². The van der Waals surface area contributed by atoms with Crippen LogP contribution >= 0.6 is 11.8 Å². The second-order valence-corrected chi connectivity index (χ2v) is 8.83. The molecule has 0 spiro atoms. The summed E-state index contributed by atoms with van der Waals surface area (Å²) in [5.74, 6) is 1.01. The minimum Gasteiger partial charge on any atom is -0.549 e. The molecule has 0 aliphatic carbocycles. The molecule has 0 amide bonds. The van der Waals surface area contributed by atoms with E-state index in [-0.39, 0.29) is 5.41 Å². The average molecular weight is 272 g/mol. The first-order valence-corrected chi connectivity index (χ1v) is 9.50. The molecule has 17 heavy (non-hydrogen) atoms. The highest BCUT2D eigenvalue weighted by atomic mass is 32.2. The van der Waals surface area contributed by atoms with Crippen molar-refractivity contribution in [3.8, 4) is 0 Å². The molecule has 0 atom stereocenters. The van der Waals surface area contributed by atoms with Crippen LogP contribution in [0.3, 0.4) is 0 Å². The third kappa shape index (κ3) is 4.21. The summed E-state index contributed by atoms with van der Waals surface area (Å²) < 4.78 is 6.03. The molecule has 0 aromatic carbocycles. The number of hydrogen-bond donors (Lipinski definition) is 2. The van der Waals surface area contributed by atoms with Gasteiger partial charge in [-0.1, -0.05) is 32.5 Å². The summed E-state index contributed by atoms with van der Waals surface area (Å²) in [5.41, 5.74) is 0.615. The van der Waals surface area contributed by atoms with Gasteiger partial charge in [0.2, 0.25) is 9.04 Å². The maximum atomic E-state index is 9.16. The molecule has 2 N–H and O–H groups in total. The fourth-order valence-electron chi connectivity index (χ4n) is 1.60. The summed E-state index contributed by atoms with van der Waals surface area (Å²) in [6.45, 7) is 10.7. The van der Waals surface area contributed by atoms with Crippen molar-refractivity contribution in [3.05, 3.63) is 21.5 Å². The van der Waals surface area contributed by atoms with E-state index >= 15 is 0 Å². The highest BCUT2D eigenvalue weighted by molar-refractivity contribution is 8.06. The fraction of sp³-hybridized carbons (Fsp3) is 0.636. The predicted molar refractivity (Wildman–Crippen MR) is 76.9 cm³/mol. The maximum Gasteiger partial charge on any atom is 0.485 e. The monoisotopic (exact) mass is 272 g/mol. The van der Waals surface area contributed by atoms with E-state index in [1.807, 2.05) is 5.41 Å². The SMILES string of the molecule is C[SiH](C)OC(=C1CC(B(O)O)=CS1)C(C)(C)C. The molecular weight excluding hydrogens is 251 g/mol. The minimum absolute atomic E-state index is 0.0384. The Morgan fingerprint density at radius 1 is 1.41 bits per heavy atom. The van der Waals surface area contributed by atoms with Crippen LogP contribution in [0.1, 0.15) is 27.2 Å². The van der Waals surface area contributed by atoms with Gasteiger partial charge in [0, 0.05) is 16.7 Å². The van der Waals surface area contributed by atoms with E-state index in [1.165, 1.54) is 0 Å². The van der Waals surface area contributed by atoms with E-state index < -0.39 is 16.2 Å². The zero-order valence-corrected chi connectivity index (χ0v) is 13.1. The molecule has 1 heterocycles. The quantitative estimate of drug-likeness (QED) is 0.611. The van der Waals surface area contributed by atoms with Crippen LogP contribution in [0.2, 0.25) is 13.1 Å². The van der Waals surface area contributed by atoms with Crippen LogP contribution in [-0.4, -0.2) is 26.2 Å². The Morgan fingerprint density at radius 2 is 2.00 bits per heavy atom. The van der Waals surface area contributed by atoms with Gasteiger partial charge < -0.3 is 14.5 Å². The van der Waals surface area contributed by atoms with Gasteiger partial charge in [-0.2, -0.15) is 0 Å². The predicted octanol–water partition coefficient (Wildman–Crippen LogP) is 2.28. The van der Waals surface area contributed by atoms with Crippen molar-refractivity contribution in [1.29, 1.82) is 0 Å². The average Bonchev–Trinajstić information content (AvgIpc) is 2.60. The summed E-state index contributed by atoms with van der Waals surface area (Å²) >= 11 is 1.55. The molecule has 0 saturated heterocycles. The van der Waals surface area contributed by atoms with Gasteiger partial charge in [0.25, 0.3) is 0 Å². The lowest BCUT2D eigenvalue weighted by Gasteiger charge is -2.28. The summed E-state index contributed by atoms with van der Waals surface area (Å²) in [4.78, 5) is 1.11. The van der Waals surface area contributed by atoms with Crippen molar-refractivity contribution in [3.63, 3.8) is 0 Å². The van der Waals surface area contributed by atoms with E-state index in [4.69, 9.17) is 14.5 Å². The first-order valence-electron chi connectivity index (χ1n) is 5.84. The van der Waals surface area contributed by atoms with Gasteiger partial charge in [-0.3, -0.25) is 0 Å². The van der Waals surface area contributed by atoms with Crippen molar-refractivity contribution < 1.29 is 14.5 Å². The highest BCUT2D eigenvalue weighted by Gasteiger charge is 2.29. The van der Waals surface area contributed by atoms with Gasteiger partial charge in [-0.15, -0.1) is 0 Å². The van der Waals surface area contributed by atoms with Crippen LogP contribution in [0.25, 0.3) is 0 Å². The minimum atomic E-state index is -1.35. The summed E-state index contributed by atoms with van der Waals surface area (Å²) in [6.07, 6.45) is 0.593. The molecular formula is C11H21BO3SSi. The zero-order valence-electron chi connectivity index (χ0n) is 11.2. The first kappa shape index (κ1) is 14.9. The zero-order chi connectivity index (χ0) is 13.2. The lowest BCUT2D eigenvalue weighted by molar-refractivity contribution is 0.295. The van der Waals surface area contributed by atoms with E-state index in [9.17, 15) is 0 Å². The Hall–Kier alpha value is -0.168. The third-order valence-corrected chi connectivity index (χ3v) is 4.08. The fourth-order valence-corrected chi connectivity index (χ4v) is 3.86. The first-order chi connectivity index (χ1) is 7.71. The molecule has 1 rings (SSSR count). The van der Waals surface area contributed by atoms with Crippen molar-refractivity contribution in [2.24, 2.45) is 5.41 Å². The number of allylic oxidation sites excluding steroid dienone is 3. The molecule has 0 fully saturated rings. The second kappa shape index (κ2) is 5.65. The van der Waals surface area contributed by atoms with Crippen LogP contribution in [0, 0.1) is 5.41 Å². The van der Waals surface area contributed by atoms with Gasteiger partial charge in [0.1, 0.15) is 0 Å². The number of thioether (sulfide) groups is 1. The van der Waals surface area contributed by atoms with Crippen LogP contribution in [0.5, 0.6) is 0 Å². The number of rotatable bonds is 3. The lowest BCUT2D eigenvalue weighted by Crippen LogP contribution is -2.20. The van der Waals surface area contributed by atoms with Gasteiger partial charge in [0.15, 0.2) is 0 Å². The van der Waals surface area contributed by atoms with E-state index in [0.29, 0.717) is 11.9 Å². The van der Waals surface area contributed by atoms with E-state index in [0.717, 1.165) is 10.7 Å². The van der Waals surface area contributed by atoms with Gasteiger partial charge >= 0.3 is 7.12 Å². The van der Waals surface area contributed by atoms with Crippen LogP contribution < -0.4 is 0 Å². The molecule has 0 saturated carbocycles. The number of hydrogen-bond acceptors (Lipinski definition) is 4. The molecule has 0 aromatic rings. The van der Waals surface area contributed by atoms with Crippen molar-refractivity contribution in [2.45, 2.75) is 40.3 Å². The van der Waals surface area contributed by atoms with E-state index in [2.05, 4.69) is 33.9 Å². The summed E-state index contributed by atoms with van der Waals surface area (Å²) in [5, 5.41) is 20.1. The Morgan fingerprint density at radius 3 is 2.35 bits per heavy atom. The van der Waals surface area contributed by atoms with Crippen molar-refractivity contribution >= 4 is 27.9 Å². The molecule has 0 unspecified atom stereocenters. The van der Waals surface area contributed by atoms with Gasteiger partial charge in [-0.25, -0.2) is 0 Å². The van der Waals surface area contributed by atoms with Gasteiger partial charge in [-0.05, 0) is 24.0 Å². The Bertz CT molecular complexity index is 345. The Balaban J connectivity index is 2.93. The van der Waals surface area contributed by atoms with Crippen LogP contribution in [0.15, 0.2) is 21.5 Å². The molecule has 1 aliphatic heterocycles. The van der Waals surface area contributed by atoms with E-state index in [1.54, 1.807) is 11.8 Å². The molecule has 0 bridgehead atoms. The molecule has 0 aromatic heterocycles. The molecule has 96 valence electrons. The van der Waals surface area contributed by atoms with Crippen LogP contribution in [-0.2, 0) is 4.43 Å². The highest BCUT2D eigenvalue weighted by Crippen LogP contribution is 2.42. The Kier molecular flexibility index (Phi) is 4.95. The largest absolute Gasteiger partial charge is 0.549 e. The second-order valence-electron chi connectivity index (χ2n) is 5.53. The molecule has 3 nitrogen and oxygen atoms in total. The van der Waals surface area contributed by atoms with Crippen molar-refractivity contribution in [2.75, 3.05) is 0 Å². The smallest absolute Gasteiger partial charge is 0.485 e.